The fraction of sp³-hybridized carbons (Fsp3) is 1.00. The van der Waals surface area contributed by atoms with Gasteiger partial charge in [-0.1, -0.05) is 13.8 Å². The van der Waals surface area contributed by atoms with Crippen LogP contribution in [0, 0.1) is 11.3 Å². The van der Waals surface area contributed by atoms with Gasteiger partial charge < -0.3 is 5.32 Å². The van der Waals surface area contributed by atoms with E-state index >= 15 is 0 Å². The molecule has 0 aromatic heterocycles. The van der Waals surface area contributed by atoms with Crippen LogP contribution in [-0.4, -0.2) is 33.5 Å². The van der Waals surface area contributed by atoms with E-state index in [0.717, 1.165) is 13.0 Å². The van der Waals surface area contributed by atoms with Crippen molar-refractivity contribution in [1.29, 1.82) is 0 Å². The van der Waals surface area contributed by atoms with Gasteiger partial charge in [-0.25, -0.2) is 8.42 Å². The van der Waals surface area contributed by atoms with E-state index in [1.165, 1.54) is 0 Å². The van der Waals surface area contributed by atoms with Crippen molar-refractivity contribution >= 4 is 9.84 Å². The minimum absolute atomic E-state index is 0.0203. The molecule has 1 saturated heterocycles. The molecular weight excluding hydrogens is 186 g/mol. The van der Waals surface area contributed by atoms with Crippen molar-refractivity contribution in [1.82, 2.24) is 5.32 Å². The fourth-order valence-corrected chi connectivity index (χ4v) is 4.41. The highest BCUT2D eigenvalue weighted by molar-refractivity contribution is 7.91. The molecule has 13 heavy (non-hydrogen) atoms. The molecule has 4 heteroatoms. The first-order chi connectivity index (χ1) is 5.92. The molecule has 1 heterocycles. The minimum Gasteiger partial charge on any atom is -0.319 e. The molecule has 1 N–H and O–H groups in total. The van der Waals surface area contributed by atoms with E-state index in [1.807, 2.05) is 7.05 Å². The first kappa shape index (κ1) is 11.0. The second kappa shape index (κ2) is 3.58. The second-order valence-corrected chi connectivity index (χ2v) is 6.57. The summed E-state index contributed by atoms with van der Waals surface area (Å²) in [5.41, 5.74) is -0.0203. The molecule has 78 valence electrons. The molecule has 1 unspecified atom stereocenters. The first-order valence-corrected chi connectivity index (χ1v) is 6.59. The van der Waals surface area contributed by atoms with E-state index in [0.29, 0.717) is 17.4 Å². The summed E-state index contributed by atoms with van der Waals surface area (Å²) in [7, 11) is -0.877. The Kier molecular flexibility index (Phi) is 3.02. The molecule has 1 fully saturated rings. The predicted molar refractivity (Wildman–Crippen MR) is 54.5 cm³/mol. The number of sulfone groups is 1. The van der Waals surface area contributed by atoms with Gasteiger partial charge in [0, 0.05) is 6.54 Å². The number of nitrogens with one attached hydrogen (secondary N) is 1. The highest BCUT2D eigenvalue weighted by Gasteiger charge is 2.43. The highest BCUT2D eigenvalue weighted by atomic mass is 32.2. The molecule has 0 spiro atoms. The van der Waals surface area contributed by atoms with E-state index in [1.54, 1.807) is 0 Å². The van der Waals surface area contributed by atoms with Crippen molar-refractivity contribution in [2.45, 2.75) is 20.3 Å². The SMILES string of the molecule is CNCC1(C(C)C)CCS(=O)(=O)C1. The third-order valence-corrected chi connectivity index (χ3v) is 5.01. The average Bonchev–Trinajstić information content (AvgIpc) is 2.28. The molecule has 1 aliphatic rings. The van der Waals surface area contributed by atoms with Crippen molar-refractivity contribution in [2.24, 2.45) is 11.3 Å². The molecule has 0 bridgehead atoms. The van der Waals surface area contributed by atoms with Crippen LogP contribution >= 0.6 is 0 Å². The van der Waals surface area contributed by atoms with Crippen LogP contribution in [-0.2, 0) is 9.84 Å². The van der Waals surface area contributed by atoms with E-state index in [-0.39, 0.29) is 5.41 Å². The summed E-state index contributed by atoms with van der Waals surface area (Å²) in [6.07, 6.45) is 0.813. The summed E-state index contributed by atoms with van der Waals surface area (Å²) in [5, 5.41) is 3.11. The number of hydrogen-bond acceptors (Lipinski definition) is 3. The monoisotopic (exact) mass is 205 g/mol. The van der Waals surface area contributed by atoms with Gasteiger partial charge in [0.1, 0.15) is 0 Å². The Labute approximate surface area is 80.8 Å². The maximum absolute atomic E-state index is 11.4. The Bertz CT molecular complexity index is 271. The summed E-state index contributed by atoms with van der Waals surface area (Å²) in [6.45, 7) is 5.03. The quantitative estimate of drug-likeness (QED) is 0.736. The lowest BCUT2D eigenvalue weighted by Gasteiger charge is -2.31. The Balaban J connectivity index is 2.83. The van der Waals surface area contributed by atoms with Crippen LogP contribution < -0.4 is 5.32 Å². The zero-order valence-corrected chi connectivity index (χ0v) is 9.45. The molecule has 0 aliphatic carbocycles. The fourth-order valence-electron chi connectivity index (χ4n) is 2.09. The van der Waals surface area contributed by atoms with Gasteiger partial charge >= 0.3 is 0 Å². The van der Waals surface area contributed by atoms with Crippen LogP contribution in [0.5, 0.6) is 0 Å². The number of rotatable bonds is 3. The maximum atomic E-state index is 11.4. The van der Waals surface area contributed by atoms with Crippen molar-refractivity contribution in [3.8, 4) is 0 Å². The maximum Gasteiger partial charge on any atom is 0.150 e. The molecule has 0 amide bonds. The number of hydrogen-bond donors (Lipinski definition) is 1. The second-order valence-electron chi connectivity index (χ2n) is 4.39. The lowest BCUT2D eigenvalue weighted by Crippen LogP contribution is -2.38. The van der Waals surface area contributed by atoms with Crippen molar-refractivity contribution in [2.75, 3.05) is 25.1 Å². The third-order valence-electron chi connectivity index (χ3n) is 3.17. The average molecular weight is 205 g/mol. The van der Waals surface area contributed by atoms with Crippen LogP contribution in [0.15, 0.2) is 0 Å². The summed E-state index contributed by atoms with van der Waals surface area (Å²) < 4.78 is 22.8. The largest absolute Gasteiger partial charge is 0.319 e. The molecule has 1 rings (SSSR count). The van der Waals surface area contributed by atoms with Crippen LogP contribution in [0.2, 0.25) is 0 Å². The highest BCUT2D eigenvalue weighted by Crippen LogP contribution is 2.38. The van der Waals surface area contributed by atoms with Crippen LogP contribution in [0.1, 0.15) is 20.3 Å². The standard InChI is InChI=1S/C9H19NO2S/c1-8(2)9(6-10-3)4-5-13(11,12)7-9/h8,10H,4-7H2,1-3H3. The molecule has 0 aromatic rings. The minimum atomic E-state index is -2.76. The van der Waals surface area contributed by atoms with Gasteiger partial charge in [0.05, 0.1) is 11.5 Å². The third kappa shape index (κ3) is 2.23. The van der Waals surface area contributed by atoms with Crippen LogP contribution in [0.25, 0.3) is 0 Å². The van der Waals surface area contributed by atoms with E-state index < -0.39 is 9.84 Å². The predicted octanol–water partition coefficient (Wildman–Crippen LogP) is 0.667. The van der Waals surface area contributed by atoms with Gasteiger partial charge in [0.25, 0.3) is 0 Å². The van der Waals surface area contributed by atoms with Gasteiger partial charge in [0.15, 0.2) is 9.84 Å². The van der Waals surface area contributed by atoms with Crippen molar-refractivity contribution < 1.29 is 8.42 Å². The zero-order valence-electron chi connectivity index (χ0n) is 8.63. The lowest BCUT2D eigenvalue weighted by molar-refractivity contribution is 0.223. The summed E-state index contributed by atoms with van der Waals surface area (Å²) in [5.74, 6) is 1.16. The van der Waals surface area contributed by atoms with Crippen LogP contribution in [0.4, 0.5) is 0 Å². The Hall–Kier alpha value is -0.0900. The lowest BCUT2D eigenvalue weighted by atomic mass is 9.77. The van der Waals surface area contributed by atoms with E-state index in [2.05, 4.69) is 19.2 Å². The molecule has 3 nitrogen and oxygen atoms in total. The van der Waals surface area contributed by atoms with Crippen LogP contribution in [0.3, 0.4) is 0 Å². The van der Waals surface area contributed by atoms with Gasteiger partial charge in [-0.05, 0) is 24.8 Å². The van der Waals surface area contributed by atoms with Gasteiger partial charge in [-0.2, -0.15) is 0 Å². The normalized spacial score (nSPS) is 32.6. The Morgan fingerprint density at radius 3 is 2.38 bits per heavy atom. The smallest absolute Gasteiger partial charge is 0.150 e. The molecule has 0 aromatic carbocycles. The van der Waals surface area contributed by atoms with Gasteiger partial charge in [-0.3, -0.25) is 0 Å². The summed E-state index contributed by atoms with van der Waals surface area (Å²) >= 11 is 0. The van der Waals surface area contributed by atoms with Gasteiger partial charge in [0.2, 0.25) is 0 Å². The van der Waals surface area contributed by atoms with E-state index in [4.69, 9.17) is 0 Å². The molecular formula is C9H19NO2S. The van der Waals surface area contributed by atoms with Crippen molar-refractivity contribution in [3.63, 3.8) is 0 Å². The summed E-state index contributed by atoms with van der Waals surface area (Å²) in [4.78, 5) is 0. The van der Waals surface area contributed by atoms with E-state index in [9.17, 15) is 8.42 Å². The molecule has 0 saturated carbocycles. The van der Waals surface area contributed by atoms with Crippen molar-refractivity contribution in [3.05, 3.63) is 0 Å². The zero-order chi connectivity index (χ0) is 10.1. The first-order valence-electron chi connectivity index (χ1n) is 4.77. The topological polar surface area (TPSA) is 46.2 Å². The molecule has 1 atom stereocenters. The Morgan fingerprint density at radius 1 is 1.46 bits per heavy atom. The molecule has 1 aliphatic heterocycles. The van der Waals surface area contributed by atoms with Gasteiger partial charge in [-0.15, -0.1) is 0 Å². The Morgan fingerprint density at radius 2 is 2.08 bits per heavy atom. The summed E-state index contributed by atoms with van der Waals surface area (Å²) in [6, 6.07) is 0. The molecule has 0 radical (unpaired) electrons.